The number of para-hydroxylation sites is 1. The molecule has 3 rings (SSSR count). The van der Waals surface area contributed by atoms with Gasteiger partial charge in [-0.05, 0) is 36.4 Å². The topological polar surface area (TPSA) is 59.4 Å². The third-order valence-electron chi connectivity index (χ3n) is 3.21. The monoisotopic (exact) mass is 313 g/mol. The Kier molecular flexibility index (Phi) is 3.94. The molecule has 1 aromatic heterocycles. The Balaban J connectivity index is 1.77. The molecule has 0 spiro atoms. The number of rotatable bonds is 3. The van der Waals surface area contributed by atoms with Crippen LogP contribution in [0.5, 0.6) is 5.75 Å². The van der Waals surface area contributed by atoms with E-state index in [-0.39, 0.29) is 12.4 Å². The summed E-state index contributed by atoms with van der Waals surface area (Å²) in [6, 6.07) is 15.3. The smallest absolute Gasteiger partial charge is 0.338 e. The highest BCUT2D eigenvalue weighted by atomic mass is 35.5. The number of carbonyl (C=O) groups is 1. The van der Waals surface area contributed by atoms with Crippen LogP contribution in [0.15, 0.2) is 54.6 Å². The van der Waals surface area contributed by atoms with Gasteiger partial charge in [-0.3, -0.25) is 0 Å². The first-order valence-corrected chi connectivity index (χ1v) is 7.01. The fourth-order valence-corrected chi connectivity index (χ4v) is 2.26. The van der Waals surface area contributed by atoms with Crippen LogP contribution in [0, 0.1) is 0 Å². The van der Waals surface area contributed by atoms with Crippen LogP contribution in [-0.2, 0) is 11.3 Å². The summed E-state index contributed by atoms with van der Waals surface area (Å²) in [6.45, 7) is 0.0381. The zero-order chi connectivity index (χ0) is 15.5. The number of hydrogen-bond donors (Lipinski definition) is 1. The molecule has 0 unspecified atom stereocenters. The molecule has 2 aromatic carbocycles. The van der Waals surface area contributed by atoms with Gasteiger partial charge in [-0.1, -0.05) is 29.8 Å². The Hall–Kier alpha value is -2.59. The lowest BCUT2D eigenvalue weighted by Gasteiger charge is -2.08. The highest BCUT2D eigenvalue weighted by Gasteiger charge is 2.10. The van der Waals surface area contributed by atoms with Crippen LogP contribution in [0.2, 0.25) is 5.15 Å². The second kappa shape index (κ2) is 6.03. The van der Waals surface area contributed by atoms with Crippen LogP contribution in [0.3, 0.4) is 0 Å². The Morgan fingerprint density at radius 2 is 1.86 bits per heavy atom. The molecule has 0 atom stereocenters. The van der Waals surface area contributed by atoms with E-state index >= 15 is 0 Å². The van der Waals surface area contributed by atoms with Crippen LogP contribution in [-0.4, -0.2) is 16.1 Å². The van der Waals surface area contributed by atoms with E-state index in [1.807, 2.05) is 30.3 Å². The van der Waals surface area contributed by atoms with E-state index in [1.54, 1.807) is 0 Å². The number of esters is 1. The number of pyridine rings is 1. The summed E-state index contributed by atoms with van der Waals surface area (Å²) < 4.78 is 5.24. The van der Waals surface area contributed by atoms with E-state index in [1.165, 1.54) is 24.3 Å². The number of nitrogens with zero attached hydrogens (tertiary/aromatic N) is 1. The van der Waals surface area contributed by atoms with Crippen molar-refractivity contribution in [2.75, 3.05) is 0 Å². The van der Waals surface area contributed by atoms with Gasteiger partial charge >= 0.3 is 5.97 Å². The minimum Gasteiger partial charge on any atom is -0.508 e. The number of aromatic nitrogens is 1. The van der Waals surface area contributed by atoms with Gasteiger partial charge in [-0.25, -0.2) is 9.78 Å². The largest absolute Gasteiger partial charge is 0.508 e. The Bertz CT molecular complexity index is 831. The summed E-state index contributed by atoms with van der Waals surface area (Å²) in [5.41, 5.74) is 1.80. The molecule has 1 N–H and O–H groups in total. The minimum absolute atomic E-state index is 0.0381. The quantitative estimate of drug-likeness (QED) is 0.587. The minimum atomic E-state index is -0.482. The molecule has 5 heteroatoms. The molecule has 22 heavy (non-hydrogen) atoms. The SMILES string of the molecule is O=C(OCc1cc2ccccc2nc1Cl)c1ccc(O)cc1. The predicted molar refractivity (Wildman–Crippen MR) is 84.0 cm³/mol. The van der Waals surface area contributed by atoms with Crippen molar-refractivity contribution in [3.63, 3.8) is 0 Å². The lowest BCUT2D eigenvalue weighted by atomic mass is 10.1. The number of ether oxygens (including phenoxy) is 1. The van der Waals surface area contributed by atoms with E-state index in [0.717, 1.165) is 10.9 Å². The van der Waals surface area contributed by atoms with Gasteiger partial charge in [0, 0.05) is 10.9 Å². The zero-order valence-corrected chi connectivity index (χ0v) is 12.2. The number of aromatic hydroxyl groups is 1. The maximum atomic E-state index is 11.9. The fourth-order valence-electron chi connectivity index (χ4n) is 2.06. The second-order valence-corrected chi connectivity index (χ2v) is 5.11. The number of phenols is 1. The van der Waals surface area contributed by atoms with Gasteiger partial charge in [0.2, 0.25) is 0 Å². The summed E-state index contributed by atoms with van der Waals surface area (Å²) >= 11 is 6.12. The highest BCUT2D eigenvalue weighted by Crippen LogP contribution is 2.21. The van der Waals surface area contributed by atoms with Crippen LogP contribution < -0.4 is 0 Å². The maximum Gasteiger partial charge on any atom is 0.338 e. The Morgan fingerprint density at radius 3 is 2.64 bits per heavy atom. The first kappa shape index (κ1) is 14.4. The van der Waals surface area contributed by atoms with E-state index < -0.39 is 5.97 Å². The lowest BCUT2D eigenvalue weighted by molar-refractivity contribution is 0.0472. The van der Waals surface area contributed by atoms with Crippen molar-refractivity contribution in [3.05, 3.63) is 70.9 Å². The van der Waals surface area contributed by atoms with Gasteiger partial charge < -0.3 is 9.84 Å². The highest BCUT2D eigenvalue weighted by molar-refractivity contribution is 6.30. The number of fused-ring (bicyclic) bond motifs is 1. The molecule has 0 saturated carbocycles. The van der Waals surface area contributed by atoms with Gasteiger partial charge in [0.25, 0.3) is 0 Å². The van der Waals surface area contributed by atoms with Crippen molar-refractivity contribution in [1.82, 2.24) is 4.98 Å². The molecule has 0 saturated heterocycles. The summed E-state index contributed by atoms with van der Waals surface area (Å²) in [7, 11) is 0. The molecular formula is C17H12ClNO3. The number of benzene rings is 2. The van der Waals surface area contributed by atoms with E-state index in [0.29, 0.717) is 16.3 Å². The second-order valence-electron chi connectivity index (χ2n) is 4.75. The van der Waals surface area contributed by atoms with Gasteiger partial charge in [0.15, 0.2) is 0 Å². The molecule has 1 heterocycles. The maximum absolute atomic E-state index is 11.9. The fraction of sp³-hybridized carbons (Fsp3) is 0.0588. The molecule has 0 aliphatic heterocycles. The molecule has 0 fully saturated rings. The average Bonchev–Trinajstić information content (AvgIpc) is 2.53. The molecule has 0 radical (unpaired) electrons. The van der Waals surface area contributed by atoms with Gasteiger partial charge in [-0.2, -0.15) is 0 Å². The first-order valence-electron chi connectivity index (χ1n) is 6.64. The first-order chi connectivity index (χ1) is 10.6. The van der Waals surface area contributed by atoms with E-state index in [4.69, 9.17) is 16.3 Å². The van der Waals surface area contributed by atoms with Crippen molar-refractivity contribution >= 4 is 28.5 Å². The molecular weight excluding hydrogens is 302 g/mol. The standard InChI is InChI=1S/C17H12ClNO3/c18-16-13(9-12-3-1-2-4-15(12)19-16)10-22-17(21)11-5-7-14(20)8-6-11/h1-9,20H,10H2. The van der Waals surface area contributed by atoms with Gasteiger partial charge in [-0.15, -0.1) is 0 Å². The van der Waals surface area contributed by atoms with Crippen molar-refractivity contribution in [2.24, 2.45) is 0 Å². The van der Waals surface area contributed by atoms with Crippen molar-refractivity contribution < 1.29 is 14.6 Å². The number of hydrogen-bond acceptors (Lipinski definition) is 4. The zero-order valence-electron chi connectivity index (χ0n) is 11.5. The molecule has 3 aromatic rings. The van der Waals surface area contributed by atoms with Crippen molar-refractivity contribution in [3.8, 4) is 5.75 Å². The summed E-state index contributed by atoms with van der Waals surface area (Å²) in [4.78, 5) is 16.2. The van der Waals surface area contributed by atoms with Crippen LogP contribution >= 0.6 is 11.6 Å². The molecule has 4 nitrogen and oxygen atoms in total. The predicted octanol–water partition coefficient (Wildman–Crippen LogP) is 3.95. The number of halogens is 1. The van der Waals surface area contributed by atoms with E-state index in [2.05, 4.69) is 4.98 Å². The van der Waals surface area contributed by atoms with Crippen molar-refractivity contribution in [2.45, 2.75) is 6.61 Å². The van der Waals surface area contributed by atoms with Gasteiger partial charge in [0.05, 0.1) is 11.1 Å². The van der Waals surface area contributed by atoms with Crippen molar-refractivity contribution in [1.29, 1.82) is 0 Å². The third kappa shape index (κ3) is 3.02. The van der Waals surface area contributed by atoms with Gasteiger partial charge in [0.1, 0.15) is 17.5 Å². The summed E-state index contributed by atoms with van der Waals surface area (Å²) in [5.74, 6) is -0.387. The van der Waals surface area contributed by atoms with Crippen LogP contribution in [0.25, 0.3) is 10.9 Å². The number of phenolic OH excluding ortho intramolecular Hbond substituents is 1. The number of carbonyl (C=O) groups excluding carboxylic acids is 1. The molecule has 0 bridgehead atoms. The molecule has 0 amide bonds. The molecule has 110 valence electrons. The summed E-state index contributed by atoms with van der Waals surface area (Å²) in [5, 5.41) is 10.5. The van der Waals surface area contributed by atoms with E-state index in [9.17, 15) is 9.90 Å². The normalized spacial score (nSPS) is 10.6. The van der Waals surface area contributed by atoms with Crippen LogP contribution in [0.1, 0.15) is 15.9 Å². The molecule has 0 aliphatic rings. The Labute approximate surface area is 131 Å². The lowest BCUT2D eigenvalue weighted by Crippen LogP contribution is -2.05. The Morgan fingerprint density at radius 1 is 1.14 bits per heavy atom. The van der Waals surface area contributed by atoms with Crippen LogP contribution in [0.4, 0.5) is 0 Å². The average molecular weight is 314 g/mol. The summed E-state index contributed by atoms with van der Waals surface area (Å²) in [6.07, 6.45) is 0. The third-order valence-corrected chi connectivity index (χ3v) is 3.54. The molecule has 0 aliphatic carbocycles.